The second-order valence-corrected chi connectivity index (χ2v) is 5.83. The molecule has 2 rings (SSSR count). The zero-order valence-electron chi connectivity index (χ0n) is 11.3. The first kappa shape index (κ1) is 16.1. The summed E-state index contributed by atoms with van der Waals surface area (Å²) in [5.41, 5.74) is 6.45. The number of nitrogens with zero attached hydrogens (tertiary/aromatic N) is 2. The summed E-state index contributed by atoms with van der Waals surface area (Å²) >= 11 is 7.10. The Hall–Kier alpha value is -2.32. The number of nitrogens with two attached hydrogens (primary N) is 1. The first-order valence-corrected chi connectivity index (χ1v) is 7.16. The number of anilines is 1. The highest BCUT2D eigenvalue weighted by atomic mass is 35.5. The lowest BCUT2D eigenvalue weighted by atomic mass is 10.2. The van der Waals surface area contributed by atoms with Crippen LogP contribution in [0.25, 0.3) is 0 Å². The van der Waals surface area contributed by atoms with E-state index >= 15 is 0 Å². The van der Waals surface area contributed by atoms with Crippen molar-refractivity contribution in [3.63, 3.8) is 0 Å². The minimum Gasteiger partial charge on any atom is -0.398 e. The lowest BCUT2D eigenvalue weighted by molar-refractivity contribution is -0.396. The Kier molecular flexibility index (Phi) is 4.53. The van der Waals surface area contributed by atoms with Crippen LogP contribution in [-0.2, 0) is 0 Å². The fourth-order valence-corrected chi connectivity index (χ4v) is 3.04. The van der Waals surface area contributed by atoms with Crippen LogP contribution in [0.1, 0.15) is 5.56 Å². The zero-order valence-corrected chi connectivity index (χ0v) is 12.9. The molecule has 0 saturated carbocycles. The summed E-state index contributed by atoms with van der Waals surface area (Å²) in [5.74, 6) is 0. The molecule has 22 heavy (non-hydrogen) atoms. The van der Waals surface area contributed by atoms with Gasteiger partial charge < -0.3 is 5.73 Å². The predicted octanol–water partition coefficient (Wildman–Crippen LogP) is 4.20. The molecule has 2 aromatic carbocycles. The van der Waals surface area contributed by atoms with Crippen molar-refractivity contribution in [1.82, 2.24) is 0 Å². The number of aryl methyl sites for hydroxylation is 1. The van der Waals surface area contributed by atoms with Gasteiger partial charge in [0, 0.05) is 6.07 Å². The second-order valence-electron chi connectivity index (χ2n) is 4.38. The average molecular weight is 340 g/mol. The summed E-state index contributed by atoms with van der Waals surface area (Å²) in [7, 11) is 0. The highest BCUT2D eigenvalue weighted by Gasteiger charge is 2.22. The van der Waals surface area contributed by atoms with Crippen molar-refractivity contribution in [3.8, 4) is 0 Å². The molecule has 2 N–H and O–H groups in total. The van der Waals surface area contributed by atoms with E-state index in [1.54, 1.807) is 19.1 Å². The van der Waals surface area contributed by atoms with Crippen molar-refractivity contribution < 1.29 is 9.85 Å². The van der Waals surface area contributed by atoms with Crippen molar-refractivity contribution in [2.45, 2.75) is 16.7 Å². The number of nitro groups is 2. The number of non-ortho nitro benzene ring substituents is 1. The number of hydrogen-bond donors (Lipinski definition) is 1. The van der Waals surface area contributed by atoms with E-state index in [0.717, 1.165) is 23.4 Å². The Balaban J connectivity index is 2.53. The lowest BCUT2D eigenvalue weighted by Gasteiger charge is -2.10. The average Bonchev–Trinajstić information content (AvgIpc) is 2.47. The zero-order chi connectivity index (χ0) is 16.4. The van der Waals surface area contributed by atoms with Gasteiger partial charge in [0.2, 0.25) is 0 Å². The monoisotopic (exact) mass is 339 g/mol. The molecule has 0 bridgehead atoms. The lowest BCUT2D eigenvalue weighted by Crippen LogP contribution is -1.96. The van der Waals surface area contributed by atoms with E-state index in [9.17, 15) is 20.2 Å². The number of halogens is 1. The summed E-state index contributed by atoms with van der Waals surface area (Å²) in [5, 5.41) is 22.2. The Morgan fingerprint density at radius 1 is 1.14 bits per heavy atom. The van der Waals surface area contributed by atoms with Gasteiger partial charge in [-0.1, -0.05) is 29.4 Å². The van der Waals surface area contributed by atoms with Gasteiger partial charge in [0.15, 0.2) is 0 Å². The van der Waals surface area contributed by atoms with E-state index in [2.05, 4.69) is 0 Å². The van der Waals surface area contributed by atoms with Crippen molar-refractivity contribution in [2.75, 3.05) is 5.73 Å². The van der Waals surface area contributed by atoms with Crippen LogP contribution in [-0.4, -0.2) is 9.85 Å². The van der Waals surface area contributed by atoms with Crippen LogP contribution < -0.4 is 5.73 Å². The molecule has 0 aliphatic rings. The minimum atomic E-state index is -0.685. The van der Waals surface area contributed by atoms with Gasteiger partial charge in [-0.25, -0.2) is 0 Å². The molecule has 7 nitrogen and oxygen atoms in total. The van der Waals surface area contributed by atoms with Gasteiger partial charge in [0.25, 0.3) is 11.4 Å². The molecule has 0 amide bonds. The second kappa shape index (κ2) is 6.20. The van der Waals surface area contributed by atoms with Gasteiger partial charge in [-0.05, 0) is 24.6 Å². The SMILES string of the molecule is Cc1ccc(Cl)c(Sc2ccc([N+](=O)[O-])cc2[N+](=O)[O-])c1N. The van der Waals surface area contributed by atoms with Crippen LogP contribution in [0.3, 0.4) is 0 Å². The molecule has 0 spiro atoms. The maximum Gasteiger partial charge on any atom is 0.290 e. The highest BCUT2D eigenvalue weighted by Crippen LogP contribution is 2.43. The number of rotatable bonds is 4. The minimum absolute atomic E-state index is 0.231. The molecule has 114 valence electrons. The summed E-state index contributed by atoms with van der Waals surface area (Å²) in [6.07, 6.45) is 0. The van der Waals surface area contributed by atoms with Crippen LogP contribution in [0.5, 0.6) is 0 Å². The maximum absolute atomic E-state index is 11.1. The van der Waals surface area contributed by atoms with Gasteiger partial charge in [-0.3, -0.25) is 20.2 Å². The number of nitro benzene ring substituents is 2. The van der Waals surface area contributed by atoms with E-state index in [0.29, 0.717) is 15.6 Å². The van der Waals surface area contributed by atoms with Crippen LogP contribution >= 0.6 is 23.4 Å². The van der Waals surface area contributed by atoms with Gasteiger partial charge >= 0.3 is 0 Å². The number of hydrogen-bond acceptors (Lipinski definition) is 6. The quantitative estimate of drug-likeness (QED) is 0.507. The predicted molar refractivity (Wildman–Crippen MR) is 84.5 cm³/mol. The standard InChI is InChI=1S/C13H10ClN3O4S/c1-7-2-4-9(14)13(12(7)15)22-11-5-3-8(16(18)19)6-10(11)17(20)21/h2-6H,15H2,1H3. The Bertz CT molecular complexity index is 782. The summed E-state index contributed by atoms with van der Waals surface area (Å²) in [6, 6.07) is 6.83. The molecule has 0 heterocycles. The molecule has 0 atom stereocenters. The molecule has 0 saturated heterocycles. The highest BCUT2D eigenvalue weighted by molar-refractivity contribution is 7.99. The summed E-state index contributed by atoms with van der Waals surface area (Å²) in [4.78, 5) is 21.2. The molecule has 0 aliphatic carbocycles. The topological polar surface area (TPSA) is 112 Å². The number of benzene rings is 2. The van der Waals surface area contributed by atoms with E-state index in [4.69, 9.17) is 17.3 Å². The third-order valence-electron chi connectivity index (χ3n) is 2.93. The molecule has 2 aromatic rings. The van der Waals surface area contributed by atoms with Crippen molar-refractivity contribution in [3.05, 3.63) is 61.1 Å². The van der Waals surface area contributed by atoms with Gasteiger partial charge in [-0.15, -0.1) is 0 Å². The van der Waals surface area contributed by atoms with Crippen LogP contribution in [0.2, 0.25) is 5.02 Å². The van der Waals surface area contributed by atoms with Gasteiger partial charge in [-0.2, -0.15) is 0 Å². The maximum atomic E-state index is 11.1. The summed E-state index contributed by atoms with van der Waals surface area (Å²) < 4.78 is 0. The largest absolute Gasteiger partial charge is 0.398 e. The number of nitrogen functional groups attached to an aromatic ring is 1. The van der Waals surface area contributed by atoms with E-state index in [1.165, 1.54) is 12.1 Å². The normalized spacial score (nSPS) is 10.5. The van der Waals surface area contributed by atoms with E-state index < -0.39 is 9.85 Å². The molecule has 0 radical (unpaired) electrons. The fourth-order valence-electron chi connectivity index (χ4n) is 1.73. The van der Waals surface area contributed by atoms with Crippen LogP contribution in [0.15, 0.2) is 40.1 Å². The Morgan fingerprint density at radius 3 is 2.41 bits per heavy atom. The van der Waals surface area contributed by atoms with Crippen molar-refractivity contribution >= 4 is 40.4 Å². The van der Waals surface area contributed by atoms with Crippen molar-refractivity contribution in [1.29, 1.82) is 0 Å². The molecular weight excluding hydrogens is 330 g/mol. The van der Waals surface area contributed by atoms with Crippen molar-refractivity contribution in [2.24, 2.45) is 0 Å². The smallest absolute Gasteiger partial charge is 0.290 e. The third-order valence-corrected chi connectivity index (χ3v) is 4.56. The molecule has 0 unspecified atom stereocenters. The molecule has 9 heteroatoms. The first-order chi connectivity index (χ1) is 10.3. The third kappa shape index (κ3) is 3.12. The first-order valence-electron chi connectivity index (χ1n) is 5.96. The van der Waals surface area contributed by atoms with Gasteiger partial charge in [0.1, 0.15) is 0 Å². The molecule has 0 fully saturated rings. The molecule has 0 aliphatic heterocycles. The van der Waals surface area contributed by atoms with E-state index in [-0.39, 0.29) is 16.3 Å². The molecule has 0 aromatic heterocycles. The van der Waals surface area contributed by atoms with Crippen LogP contribution in [0, 0.1) is 27.2 Å². The Morgan fingerprint density at radius 2 is 1.82 bits per heavy atom. The van der Waals surface area contributed by atoms with Gasteiger partial charge in [0.05, 0.1) is 36.4 Å². The van der Waals surface area contributed by atoms with E-state index in [1.807, 2.05) is 0 Å². The Labute approximate surface area is 134 Å². The van der Waals surface area contributed by atoms with Crippen LogP contribution in [0.4, 0.5) is 17.1 Å². The fraction of sp³-hybridized carbons (Fsp3) is 0.0769. The molecular formula is C13H10ClN3O4S. The summed E-state index contributed by atoms with van der Waals surface area (Å²) in [6.45, 7) is 1.79.